The molecule has 1 amide bonds. The van der Waals surface area contributed by atoms with E-state index in [9.17, 15) is 9.59 Å². The molecule has 0 saturated carbocycles. The number of aromatic nitrogens is 2. The van der Waals surface area contributed by atoms with Crippen molar-refractivity contribution in [3.05, 3.63) is 21.6 Å². The number of piperidine rings is 1. The van der Waals surface area contributed by atoms with E-state index < -0.39 is 6.09 Å². The molecule has 0 radical (unpaired) electrons. The van der Waals surface area contributed by atoms with E-state index in [4.69, 9.17) is 21.4 Å². The van der Waals surface area contributed by atoms with E-state index in [1.54, 1.807) is 6.20 Å². The number of hydrogen-bond donors (Lipinski definition) is 2. The number of nitrogens with one attached hydrogen (secondary N) is 1. The number of nitrogens with zero attached hydrogens (tertiary/aromatic N) is 3. The maximum atomic E-state index is 12.5. The average molecular weight is 371 g/mol. The molecule has 25 heavy (non-hydrogen) atoms. The van der Waals surface area contributed by atoms with Crippen LogP contribution in [0.15, 0.2) is 11.0 Å². The van der Waals surface area contributed by atoms with E-state index in [1.807, 2.05) is 0 Å². The molecule has 2 N–H and O–H groups in total. The van der Waals surface area contributed by atoms with Crippen LogP contribution in [0, 0.1) is 5.92 Å². The van der Waals surface area contributed by atoms with Crippen LogP contribution in [0.4, 0.5) is 10.5 Å². The van der Waals surface area contributed by atoms with Crippen molar-refractivity contribution in [3.63, 3.8) is 0 Å². The van der Waals surface area contributed by atoms with Gasteiger partial charge < -0.3 is 20.1 Å². The molecule has 1 aromatic rings. The predicted octanol–water partition coefficient (Wildman–Crippen LogP) is 2.05. The number of amides is 1. The molecular weight excluding hydrogens is 348 g/mol. The number of rotatable bonds is 4. The van der Waals surface area contributed by atoms with E-state index in [0.717, 1.165) is 26.1 Å². The van der Waals surface area contributed by atoms with Gasteiger partial charge in [0.15, 0.2) is 0 Å². The van der Waals surface area contributed by atoms with E-state index in [1.165, 1.54) is 9.58 Å². The fourth-order valence-electron chi connectivity index (χ4n) is 3.35. The summed E-state index contributed by atoms with van der Waals surface area (Å²) >= 11 is 6.24. The zero-order valence-electron chi connectivity index (χ0n) is 14.0. The van der Waals surface area contributed by atoms with Gasteiger partial charge in [-0.2, -0.15) is 5.10 Å². The van der Waals surface area contributed by atoms with Gasteiger partial charge in [0.05, 0.1) is 24.5 Å². The van der Waals surface area contributed by atoms with E-state index in [-0.39, 0.29) is 16.6 Å². The molecule has 1 atom stereocenters. The van der Waals surface area contributed by atoms with Gasteiger partial charge >= 0.3 is 6.09 Å². The van der Waals surface area contributed by atoms with Crippen LogP contribution in [0.5, 0.6) is 0 Å². The van der Waals surface area contributed by atoms with E-state index in [0.29, 0.717) is 44.1 Å². The third kappa shape index (κ3) is 4.24. The minimum absolute atomic E-state index is 0.124. The molecule has 3 heterocycles. The quantitative estimate of drug-likeness (QED) is 0.842. The number of hydrogen-bond acceptors (Lipinski definition) is 5. The fraction of sp³-hybridized carbons (Fsp3) is 0.688. The molecule has 2 fully saturated rings. The van der Waals surface area contributed by atoms with Crippen molar-refractivity contribution < 1.29 is 14.6 Å². The largest absolute Gasteiger partial charge is 0.465 e. The zero-order valence-corrected chi connectivity index (χ0v) is 14.7. The molecule has 2 saturated heterocycles. The molecule has 0 aromatic carbocycles. The number of carboxylic acid groups (broad SMARTS) is 1. The minimum atomic E-state index is -0.928. The smallest absolute Gasteiger partial charge is 0.407 e. The highest BCUT2D eigenvalue weighted by atomic mass is 35.5. The van der Waals surface area contributed by atoms with Crippen LogP contribution >= 0.6 is 11.6 Å². The Balaban J connectivity index is 1.64. The van der Waals surface area contributed by atoms with E-state index in [2.05, 4.69) is 10.4 Å². The standard InChI is InChI=1S/C16H23ClN4O4/c17-14-13(18-8-11-2-1-7-25-10-11)9-19-21(15(14)22)12-3-5-20(6-4-12)16(23)24/h9,11-12,18H,1-8,10H2,(H,23,24)/t11-/m0/s1. The number of carbonyl (C=O) groups is 1. The Morgan fingerprint density at radius 3 is 2.80 bits per heavy atom. The van der Waals surface area contributed by atoms with Gasteiger partial charge in [-0.1, -0.05) is 11.6 Å². The maximum absolute atomic E-state index is 12.5. The number of halogens is 1. The highest BCUT2D eigenvalue weighted by Crippen LogP contribution is 2.23. The summed E-state index contributed by atoms with van der Waals surface area (Å²) < 4.78 is 6.83. The van der Waals surface area contributed by atoms with Crippen LogP contribution in [0.1, 0.15) is 31.7 Å². The van der Waals surface area contributed by atoms with Crippen molar-refractivity contribution in [2.24, 2.45) is 5.92 Å². The van der Waals surface area contributed by atoms with Gasteiger partial charge in [-0.3, -0.25) is 4.79 Å². The summed E-state index contributed by atoms with van der Waals surface area (Å²) in [6.45, 7) is 3.02. The van der Waals surface area contributed by atoms with Crippen LogP contribution < -0.4 is 10.9 Å². The Morgan fingerprint density at radius 1 is 1.40 bits per heavy atom. The Hall–Kier alpha value is -1.80. The fourth-order valence-corrected chi connectivity index (χ4v) is 3.55. The zero-order chi connectivity index (χ0) is 17.8. The molecule has 2 aliphatic heterocycles. The SMILES string of the molecule is O=C(O)N1CCC(n2ncc(NC[C@@H]3CCCOC3)c(Cl)c2=O)CC1. The van der Waals surface area contributed by atoms with Gasteiger partial charge in [0.25, 0.3) is 5.56 Å². The third-order valence-corrected chi connectivity index (χ3v) is 5.23. The highest BCUT2D eigenvalue weighted by molar-refractivity contribution is 6.32. The lowest BCUT2D eigenvalue weighted by atomic mass is 10.0. The van der Waals surface area contributed by atoms with Crippen molar-refractivity contribution >= 4 is 23.4 Å². The third-order valence-electron chi connectivity index (χ3n) is 4.86. The first-order valence-electron chi connectivity index (χ1n) is 8.63. The van der Waals surface area contributed by atoms with E-state index >= 15 is 0 Å². The lowest BCUT2D eigenvalue weighted by Gasteiger charge is -2.30. The lowest BCUT2D eigenvalue weighted by molar-refractivity contribution is 0.0595. The molecule has 8 nitrogen and oxygen atoms in total. The van der Waals surface area contributed by atoms with Crippen LogP contribution in [0.2, 0.25) is 5.02 Å². The molecule has 2 aliphatic rings. The molecule has 3 rings (SSSR count). The molecular formula is C16H23ClN4O4. The molecule has 0 aliphatic carbocycles. The summed E-state index contributed by atoms with van der Waals surface area (Å²) in [5, 5.41) is 16.6. The summed E-state index contributed by atoms with van der Waals surface area (Å²) in [6.07, 6.45) is 3.91. The molecule has 9 heteroatoms. The number of anilines is 1. The summed E-state index contributed by atoms with van der Waals surface area (Å²) in [5.74, 6) is 0.410. The van der Waals surface area contributed by atoms with Crippen molar-refractivity contribution in [1.82, 2.24) is 14.7 Å². The van der Waals surface area contributed by atoms with Crippen molar-refractivity contribution in [3.8, 4) is 0 Å². The van der Waals surface area contributed by atoms with Gasteiger partial charge in [0.2, 0.25) is 0 Å². The monoisotopic (exact) mass is 370 g/mol. The van der Waals surface area contributed by atoms with Gasteiger partial charge in [0.1, 0.15) is 5.02 Å². The van der Waals surface area contributed by atoms with Crippen LogP contribution in [-0.2, 0) is 4.74 Å². The van der Waals surface area contributed by atoms with Crippen molar-refractivity contribution in [2.75, 3.05) is 38.2 Å². The number of ether oxygens (including phenoxy) is 1. The van der Waals surface area contributed by atoms with Crippen LogP contribution in [-0.4, -0.2) is 58.7 Å². The van der Waals surface area contributed by atoms with Crippen molar-refractivity contribution in [1.29, 1.82) is 0 Å². The predicted molar refractivity (Wildman–Crippen MR) is 93.4 cm³/mol. The van der Waals surface area contributed by atoms with Crippen molar-refractivity contribution in [2.45, 2.75) is 31.7 Å². The summed E-state index contributed by atoms with van der Waals surface area (Å²) in [4.78, 5) is 24.9. The first-order valence-corrected chi connectivity index (χ1v) is 9.01. The highest BCUT2D eigenvalue weighted by Gasteiger charge is 2.25. The van der Waals surface area contributed by atoms with Gasteiger partial charge in [-0.05, 0) is 31.6 Å². The summed E-state index contributed by atoms with van der Waals surface area (Å²) in [6, 6.07) is -0.124. The Bertz CT molecular complexity index is 667. The second kappa shape index (κ2) is 8.05. The summed E-state index contributed by atoms with van der Waals surface area (Å²) in [7, 11) is 0. The normalized spacial score (nSPS) is 22.0. The Morgan fingerprint density at radius 2 is 2.16 bits per heavy atom. The Labute approximate surface area is 150 Å². The Kier molecular flexibility index (Phi) is 5.80. The maximum Gasteiger partial charge on any atom is 0.407 e. The second-order valence-corrected chi connectivity index (χ2v) is 6.96. The number of likely N-dealkylation sites (tertiary alicyclic amines) is 1. The lowest BCUT2D eigenvalue weighted by Crippen LogP contribution is -2.41. The molecule has 138 valence electrons. The summed E-state index contributed by atoms with van der Waals surface area (Å²) in [5.41, 5.74) is 0.205. The first-order chi connectivity index (χ1) is 12.1. The average Bonchev–Trinajstić information content (AvgIpc) is 2.64. The minimum Gasteiger partial charge on any atom is -0.465 e. The second-order valence-electron chi connectivity index (χ2n) is 6.59. The first kappa shape index (κ1) is 18.0. The van der Waals surface area contributed by atoms with Gasteiger partial charge in [-0.25, -0.2) is 9.48 Å². The molecule has 0 unspecified atom stereocenters. The topological polar surface area (TPSA) is 96.7 Å². The molecule has 1 aromatic heterocycles. The molecule has 0 spiro atoms. The van der Waals surface area contributed by atoms with Crippen LogP contribution in [0.3, 0.4) is 0 Å². The van der Waals surface area contributed by atoms with Gasteiger partial charge in [-0.15, -0.1) is 0 Å². The van der Waals surface area contributed by atoms with Gasteiger partial charge in [0, 0.05) is 26.2 Å². The van der Waals surface area contributed by atoms with Crippen LogP contribution in [0.25, 0.3) is 0 Å². The molecule has 0 bridgehead atoms.